The van der Waals surface area contributed by atoms with Crippen LogP contribution in [0.15, 0.2) is 9.59 Å². The lowest BCUT2D eigenvalue weighted by molar-refractivity contribution is 0.0365. The molecule has 0 bridgehead atoms. The molecule has 1 aromatic rings. The third-order valence-corrected chi connectivity index (χ3v) is 3.14. The molecular formula is C11H19N5O3. The van der Waals surface area contributed by atoms with Crippen LogP contribution in [0.5, 0.6) is 0 Å². The van der Waals surface area contributed by atoms with E-state index in [1.807, 2.05) is 4.90 Å². The first-order valence-corrected chi connectivity index (χ1v) is 6.46. The molecule has 2 rings (SSSR count). The molecule has 0 atom stereocenters. The molecule has 0 amide bonds. The summed E-state index contributed by atoms with van der Waals surface area (Å²) in [7, 11) is 0. The highest BCUT2D eigenvalue weighted by Crippen LogP contribution is 2.16. The first-order valence-electron chi connectivity index (χ1n) is 6.46. The fourth-order valence-corrected chi connectivity index (χ4v) is 2.12. The Balaban J connectivity index is 1.89. The number of anilines is 1. The third kappa shape index (κ3) is 3.65. The van der Waals surface area contributed by atoms with Gasteiger partial charge in [0, 0.05) is 19.7 Å². The van der Waals surface area contributed by atoms with Crippen LogP contribution in [0.4, 0.5) is 5.82 Å². The summed E-state index contributed by atoms with van der Waals surface area (Å²) in [5, 5.41) is 6.03. The lowest BCUT2D eigenvalue weighted by Crippen LogP contribution is -2.41. The topological polar surface area (TPSA) is 117 Å². The molecular weight excluding hydrogens is 250 g/mol. The molecule has 0 aliphatic carbocycles. The highest BCUT2D eigenvalue weighted by molar-refractivity contribution is 5.34. The maximum absolute atomic E-state index is 11.6. The van der Waals surface area contributed by atoms with E-state index < -0.39 is 11.2 Å². The fraction of sp³-hybridized carbons (Fsp3) is 0.727. The van der Waals surface area contributed by atoms with E-state index >= 15 is 0 Å². The van der Waals surface area contributed by atoms with Gasteiger partial charge in [-0.25, -0.2) is 9.89 Å². The number of aromatic amines is 2. The maximum atomic E-state index is 11.6. The van der Waals surface area contributed by atoms with E-state index in [1.54, 1.807) is 0 Å². The Hall–Kier alpha value is -1.67. The van der Waals surface area contributed by atoms with Gasteiger partial charge >= 0.3 is 5.69 Å². The number of nitrogens with one attached hydrogen (secondary N) is 2. The van der Waals surface area contributed by atoms with E-state index in [0.29, 0.717) is 26.2 Å². The van der Waals surface area contributed by atoms with E-state index in [4.69, 9.17) is 10.5 Å². The zero-order valence-corrected chi connectivity index (χ0v) is 10.7. The number of hydrogen-bond acceptors (Lipinski definition) is 6. The number of aromatic nitrogens is 3. The van der Waals surface area contributed by atoms with Crippen molar-refractivity contribution in [3.8, 4) is 0 Å². The molecule has 1 fully saturated rings. The quantitative estimate of drug-likeness (QED) is 0.578. The molecule has 1 aromatic heterocycles. The second-order valence-electron chi connectivity index (χ2n) is 4.53. The summed E-state index contributed by atoms with van der Waals surface area (Å²) in [5.74, 6) is 0.264. The van der Waals surface area contributed by atoms with Crippen LogP contribution in [0.2, 0.25) is 0 Å². The van der Waals surface area contributed by atoms with Gasteiger partial charge in [0.15, 0.2) is 0 Å². The first-order chi connectivity index (χ1) is 9.20. The Kier molecular flexibility index (Phi) is 4.69. The maximum Gasteiger partial charge on any atom is 0.342 e. The van der Waals surface area contributed by atoms with Crippen molar-refractivity contribution in [2.45, 2.75) is 25.4 Å². The van der Waals surface area contributed by atoms with Crippen LogP contribution in [0.3, 0.4) is 0 Å². The van der Waals surface area contributed by atoms with Gasteiger partial charge in [-0.05, 0) is 25.8 Å². The van der Waals surface area contributed by atoms with Crippen molar-refractivity contribution < 1.29 is 4.74 Å². The lowest BCUT2D eigenvalue weighted by atomic mass is 10.1. The number of ether oxygens (including phenoxy) is 1. The van der Waals surface area contributed by atoms with E-state index in [2.05, 4.69) is 15.2 Å². The number of nitrogens with zero attached hydrogens (tertiary/aromatic N) is 2. The number of nitrogens with two attached hydrogens (primary N) is 1. The molecule has 0 spiro atoms. The highest BCUT2D eigenvalue weighted by Gasteiger charge is 2.22. The molecule has 0 aromatic carbocycles. The van der Waals surface area contributed by atoms with Crippen LogP contribution in [0.25, 0.3) is 0 Å². The van der Waals surface area contributed by atoms with Crippen molar-refractivity contribution in [3.63, 3.8) is 0 Å². The second kappa shape index (κ2) is 6.48. The van der Waals surface area contributed by atoms with Crippen molar-refractivity contribution in [3.05, 3.63) is 20.8 Å². The first kappa shape index (κ1) is 13.8. The molecule has 4 N–H and O–H groups in total. The largest absolute Gasteiger partial charge is 0.378 e. The van der Waals surface area contributed by atoms with Crippen LogP contribution in [-0.2, 0) is 4.74 Å². The van der Waals surface area contributed by atoms with E-state index in [1.165, 1.54) is 0 Å². The monoisotopic (exact) mass is 269 g/mol. The van der Waals surface area contributed by atoms with Gasteiger partial charge in [-0.3, -0.25) is 9.78 Å². The number of piperidine rings is 1. The predicted octanol–water partition coefficient (Wildman–Crippen LogP) is -1.21. The van der Waals surface area contributed by atoms with Crippen LogP contribution in [-0.4, -0.2) is 47.5 Å². The van der Waals surface area contributed by atoms with Gasteiger partial charge in [0.25, 0.3) is 5.56 Å². The van der Waals surface area contributed by atoms with Crippen molar-refractivity contribution in [2.24, 2.45) is 5.73 Å². The molecule has 8 nitrogen and oxygen atoms in total. The van der Waals surface area contributed by atoms with Crippen LogP contribution >= 0.6 is 0 Å². The highest BCUT2D eigenvalue weighted by atomic mass is 16.5. The Morgan fingerprint density at radius 2 is 2.11 bits per heavy atom. The SMILES string of the molecule is NCCCOC1CCN(c2n[nH]c(=O)[nH]c2=O)CC1. The summed E-state index contributed by atoms with van der Waals surface area (Å²) in [4.78, 5) is 26.5. The average molecular weight is 269 g/mol. The summed E-state index contributed by atoms with van der Waals surface area (Å²) >= 11 is 0. The van der Waals surface area contributed by atoms with Gasteiger partial charge in [0.05, 0.1) is 6.10 Å². The summed E-state index contributed by atoms with van der Waals surface area (Å²) in [5.41, 5.74) is 4.37. The van der Waals surface area contributed by atoms with E-state index in [0.717, 1.165) is 19.3 Å². The summed E-state index contributed by atoms with van der Waals surface area (Å²) < 4.78 is 5.69. The standard InChI is InChI=1S/C11H19N5O3/c12-4-1-7-19-8-2-5-16(6-3-8)9-10(17)13-11(18)15-14-9/h8H,1-7,12H2,(H2,13,15,17,18). The van der Waals surface area contributed by atoms with Crippen LogP contribution in [0.1, 0.15) is 19.3 Å². The van der Waals surface area contributed by atoms with E-state index in [-0.39, 0.29) is 11.9 Å². The third-order valence-electron chi connectivity index (χ3n) is 3.14. The second-order valence-corrected chi connectivity index (χ2v) is 4.53. The van der Waals surface area contributed by atoms with Gasteiger partial charge in [0.1, 0.15) is 0 Å². The Morgan fingerprint density at radius 1 is 1.37 bits per heavy atom. The number of rotatable bonds is 5. The molecule has 0 radical (unpaired) electrons. The number of H-pyrrole nitrogens is 2. The van der Waals surface area contributed by atoms with Gasteiger partial charge < -0.3 is 15.4 Å². The molecule has 19 heavy (non-hydrogen) atoms. The predicted molar refractivity (Wildman–Crippen MR) is 70.3 cm³/mol. The molecule has 1 aliphatic heterocycles. The zero-order valence-electron chi connectivity index (χ0n) is 10.7. The van der Waals surface area contributed by atoms with Crippen molar-refractivity contribution in [1.29, 1.82) is 0 Å². The Bertz CT molecular complexity index is 504. The minimum Gasteiger partial charge on any atom is -0.378 e. The van der Waals surface area contributed by atoms with Crippen molar-refractivity contribution in [2.75, 3.05) is 31.1 Å². The van der Waals surface area contributed by atoms with Gasteiger partial charge in [-0.15, -0.1) is 5.10 Å². The summed E-state index contributed by atoms with van der Waals surface area (Å²) in [6.45, 7) is 2.69. The van der Waals surface area contributed by atoms with Crippen molar-refractivity contribution in [1.82, 2.24) is 15.2 Å². The zero-order chi connectivity index (χ0) is 13.7. The Morgan fingerprint density at radius 3 is 2.74 bits per heavy atom. The minimum absolute atomic E-state index is 0.213. The average Bonchev–Trinajstić information content (AvgIpc) is 2.40. The fourth-order valence-electron chi connectivity index (χ4n) is 2.12. The van der Waals surface area contributed by atoms with Crippen LogP contribution < -0.4 is 21.9 Å². The molecule has 0 unspecified atom stereocenters. The smallest absolute Gasteiger partial charge is 0.342 e. The van der Waals surface area contributed by atoms with E-state index in [9.17, 15) is 9.59 Å². The molecule has 1 saturated heterocycles. The Labute approximate surface area is 110 Å². The number of hydrogen-bond donors (Lipinski definition) is 3. The van der Waals surface area contributed by atoms with Crippen molar-refractivity contribution >= 4 is 5.82 Å². The molecule has 106 valence electrons. The van der Waals surface area contributed by atoms with Crippen LogP contribution in [0, 0.1) is 0 Å². The molecule has 1 aliphatic rings. The molecule has 8 heteroatoms. The van der Waals surface area contributed by atoms with Gasteiger partial charge in [0.2, 0.25) is 5.82 Å². The summed E-state index contributed by atoms with van der Waals surface area (Å²) in [6, 6.07) is 0. The summed E-state index contributed by atoms with van der Waals surface area (Å²) in [6.07, 6.45) is 2.75. The van der Waals surface area contributed by atoms with Gasteiger partial charge in [-0.1, -0.05) is 0 Å². The lowest BCUT2D eigenvalue weighted by Gasteiger charge is -2.31. The molecule has 2 heterocycles. The minimum atomic E-state index is -0.589. The normalized spacial score (nSPS) is 16.8. The van der Waals surface area contributed by atoms with Gasteiger partial charge in [-0.2, -0.15) is 0 Å². The molecule has 0 saturated carbocycles.